The Bertz CT molecular complexity index is 1490. The first-order valence-electron chi connectivity index (χ1n) is 11.9. The second kappa shape index (κ2) is 8.96. The summed E-state index contributed by atoms with van der Waals surface area (Å²) < 4.78 is 49.6. The third-order valence-corrected chi connectivity index (χ3v) is 7.02. The van der Waals surface area contributed by atoms with Gasteiger partial charge in [0, 0.05) is 36.6 Å². The van der Waals surface area contributed by atoms with Gasteiger partial charge in [-0.25, -0.2) is 9.78 Å². The molecule has 2 fully saturated rings. The fourth-order valence-corrected chi connectivity index (χ4v) is 5.11. The summed E-state index contributed by atoms with van der Waals surface area (Å²) in [6.45, 7) is 1.42. The Kier molecular flexibility index (Phi) is 5.72. The van der Waals surface area contributed by atoms with Crippen LogP contribution < -0.4 is 5.32 Å². The smallest absolute Gasteiger partial charge is 0.408 e. The van der Waals surface area contributed by atoms with Crippen LogP contribution in [0.15, 0.2) is 48.7 Å². The van der Waals surface area contributed by atoms with Gasteiger partial charge in [-0.15, -0.1) is 10.2 Å². The number of aromatic nitrogens is 4. The highest BCUT2D eigenvalue weighted by Gasteiger charge is 2.47. The lowest BCUT2D eigenvalue weighted by atomic mass is 9.96. The van der Waals surface area contributed by atoms with Crippen molar-refractivity contribution in [1.29, 1.82) is 0 Å². The van der Waals surface area contributed by atoms with E-state index in [4.69, 9.17) is 14.8 Å². The molecule has 12 heteroatoms. The van der Waals surface area contributed by atoms with Crippen molar-refractivity contribution in [2.24, 2.45) is 0 Å². The van der Waals surface area contributed by atoms with Crippen LogP contribution in [0.3, 0.4) is 0 Å². The van der Waals surface area contributed by atoms with Gasteiger partial charge in [0.15, 0.2) is 11.5 Å². The van der Waals surface area contributed by atoms with Gasteiger partial charge >= 0.3 is 12.3 Å². The largest absolute Gasteiger partial charge is 0.465 e. The molecule has 0 unspecified atom stereocenters. The summed E-state index contributed by atoms with van der Waals surface area (Å²) >= 11 is 0. The van der Waals surface area contributed by atoms with Crippen molar-refractivity contribution in [3.63, 3.8) is 0 Å². The predicted octanol–water partition coefficient (Wildman–Crippen LogP) is 4.00. The van der Waals surface area contributed by atoms with Gasteiger partial charge in [-0.3, -0.25) is 9.30 Å². The van der Waals surface area contributed by atoms with Gasteiger partial charge in [0.25, 0.3) is 0 Å². The molecule has 4 aromatic rings. The Balaban J connectivity index is 1.37. The summed E-state index contributed by atoms with van der Waals surface area (Å²) in [5.41, 5.74) is 2.80. The first kappa shape index (κ1) is 23.6. The number of fused-ring (bicyclic) bond motifs is 2. The van der Waals surface area contributed by atoms with Crippen LogP contribution in [-0.4, -0.2) is 74.2 Å². The molecular weight excluding hydrogens is 489 g/mol. The van der Waals surface area contributed by atoms with Crippen LogP contribution >= 0.6 is 0 Å². The van der Waals surface area contributed by atoms with Gasteiger partial charge in [-0.05, 0) is 35.7 Å². The average Bonchev–Trinajstić information content (AvgIpc) is 3.43. The van der Waals surface area contributed by atoms with Gasteiger partial charge in [0.05, 0.1) is 18.7 Å². The minimum atomic E-state index is -4.57. The van der Waals surface area contributed by atoms with Gasteiger partial charge < -0.3 is 15.2 Å². The van der Waals surface area contributed by atoms with E-state index in [9.17, 15) is 18.0 Å². The van der Waals surface area contributed by atoms with Gasteiger partial charge in [-0.2, -0.15) is 13.2 Å². The molecule has 37 heavy (non-hydrogen) atoms. The molecule has 1 aromatic carbocycles. The van der Waals surface area contributed by atoms with Crippen molar-refractivity contribution in [2.75, 3.05) is 26.3 Å². The van der Waals surface area contributed by atoms with Crippen LogP contribution in [0.25, 0.3) is 28.1 Å². The first-order valence-corrected chi connectivity index (χ1v) is 11.9. The number of likely N-dealkylation sites (tertiary alicyclic amines) is 1. The Morgan fingerprint density at radius 1 is 1.14 bits per heavy atom. The monoisotopic (exact) mass is 512 g/mol. The SMILES string of the molecule is O=C(O)N[C@H]1CCN([C@H](c2ccc3nnc(-c4ccc5ccc(C6COC6)cc5n4)n3c2)C(F)(F)F)C1. The Morgan fingerprint density at radius 2 is 1.95 bits per heavy atom. The highest BCUT2D eigenvalue weighted by atomic mass is 19.4. The minimum Gasteiger partial charge on any atom is -0.465 e. The van der Waals surface area contributed by atoms with E-state index in [1.54, 1.807) is 6.07 Å². The van der Waals surface area contributed by atoms with E-state index in [-0.39, 0.29) is 18.7 Å². The van der Waals surface area contributed by atoms with E-state index < -0.39 is 24.4 Å². The number of halogens is 3. The molecule has 0 radical (unpaired) electrons. The highest BCUT2D eigenvalue weighted by molar-refractivity contribution is 5.81. The predicted molar refractivity (Wildman–Crippen MR) is 127 cm³/mol. The van der Waals surface area contributed by atoms with E-state index in [0.717, 1.165) is 16.5 Å². The molecule has 2 N–H and O–H groups in total. The highest BCUT2D eigenvalue weighted by Crippen LogP contribution is 2.40. The molecule has 1 amide bonds. The molecule has 0 spiro atoms. The number of hydrogen-bond donors (Lipinski definition) is 2. The lowest BCUT2D eigenvalue weighted by Crippen LogP contribution is -2.40. The number of ether oxygens (including phenoxy) is 1. The zero-order valence-corrected chi connectivity index (χ0v) is 19.5. The van der Waals surface area contributed by atoms with E-state index >= 15 is 0 Å². The number of rotatable bonds is 5. The van der Waals surface area contributed by atoms with Crippen LogP contribution in [0.5, 0.6) is 0 Å². The summed E-state index contributed by atoms with van der Waals surface area (Å²) in [5.74, 6) is 0.672. The Labute approximate surface area is 208 Å². The molecular formula is C25H23F3N6O3. The Hall–Kier alpha value is -3.77. The average molecular weight is 512 g/mol. The topological polar surface area (TPSA) is 105 Å². The van der Waals surface area contributed by atoms with Crippen molar-refractivity contribution in [1.82, 2.24) is 29.8 Å². The summed E-state index contributed by atoms with van der Waals surface area (Å²) in [4.78, 5) is 17.0. The quantitative estimate of drug-likeness (QED) is 0.417. The summed E-state index contributed by atoms with van der Waals surface area (Å²) in [7, 11) is 0. The van der Waals surface area contributed by atoms with Crippen molar-refractivity contribution in [3.05, 3.63) is 59.8 Å². The number of nitrogens with zero attached hydrogens (tertiary/aromatic N) is 5. The lowest BCUT2D eigenvalue weighted by molar-refractivity contribution is -0.184. The number of amides is 1. The van der Waals surface area contributed by atoms with Crippen LogP contribution in [-0.2, 0) is 4.74 Å². The van der Waals surface area contributed by atoms with Gasteiger partial charge in [0.2, 0.25) is 0 Å². The van der Waals surface area contributed by atoms with Crippen molar-refractivity contribution >= 4 is 22.6 Å². The van der Waals surface area contributed by atoms with Gasteiger partial charge in [-0.1, -0.05) is 24.3 Å². The van der Waals surface area contributed by atoms with Crippen molar-refractivity contribution in [2.45, 2.75) is 30.6 Å². The van der Waals surface area contributed by atoms with Crippen molar-refractivity contribution in [3.8, 4) is 11.5 Å². The number of carboxylic acid groups (broad SMARTS) is 1. The van der Waals surface area contributed by atoms with E-state index in [0.29, 0.717) is 42.7 Å². The zero-order valence-electron chi connectivity index (χ0n) is 19.5. The van der Waals surface area contributed by atoms with Crippen LogP contribution in [0.1, 0.15) is 29.5 Å². The summed E-state index contributed by atoms with van der Waals surface area (Å²) in [5, 5.41) is 20.5. The third kappa shape index (κ3) is 4.46. The molecule has 0 saturated carbocycles. The summed E-state index contributed by atoms with van der Waals surface area (Å²) in [6.07, 6.45) is -4.12. The molecule has 0 aliphatic carbocycles. The molecule has 2 atom stereocenters. The number of alkyl halides is 3. The van der Waals surface area contributed by atoms with Crippen LogP contribution in [0.4, 0.5) is 18.0 Å². The molecule has 6 rings (SSSR count). The molecule has 2 aliphatic heterocycles. The van der Waals surface area contributed by atoms with E-state index in [1.165, 1.54) is 27.6 Å². The maximum Gasteiger partial charge on any atom is 0.408 e. The normalized spacial score (nSPS) is 19.8. The molecule has 0 bridgehead atoms. The zero-order chi connectivity index (χ0) is 25.7. The van der Waals surface area contributed by atoms with E-state index in [1.807, 2.05) is 18.2 Å². The third-order valence-electron chi connectivity index (χ3n) is 7.02. The van der Waals surface area contributed by atoms with Gasteiger partial charge in [0.1, 0.15) is 11.7 Å². The van der Waals surface area contributed by atoms with Crippen LogP contribution in [0, 0.1) is 0 Å². The lowest BCUT2D eigenvalue weighted by Gasteiger charge is -2.30. The molecule has 2 aliphatic rings. The van der Waals surface area contributed by atoms with Crippen LogP contribution in [0.2, 0.25) is 0 Å². The Morgan fingerprint density at radius 3 is 2.68 bits per heavy atom. The number of nitrogens with one attached hydrogen (secondary N) is 1. The molecule has 2 saturated heterocycles. The molecule has 5 heterocycles. The number of benzene rings is 1. The fourth-order valence-electron chi connectivity index (χ4n) is 5.11. The van der Waals surface area contributed by atoms with Crippen molar-refractivity contribution < 1.29 is 27.8 Å². The molecule has 9 nitrogen and oxygen atoms in total. The molecule has 192 valence electrons. The standard InChI is InChI=1S/C25H23F3N6O3/c26-25(27,28)22(33-8-7-18(11-33)29-24(35)36)16-4-6-21-31-32-23(34(21)10-16)19-5-3-14-1-2-15(9-20(14)30-19)17-12-37-13-17/h1-6,9-10,17-18,22,29H,7-8,11-13H2,(H,35,36)/t18-,22+/m0/s1. The summed E-state index contributed by atoms with van der Waals surface area (Å²) in [6, 6.07) is 10.2. The fraction of sp³-hybridized carbons (Fsp3) is 0.360. The number of hydrogen-bond acceptors (Lipinski definition) is 6. The maximum absolute atomic E-state index is 14.3. The number of carbonyl (C=O) groups is 1. The number of pyridine rings is 2. The minimum absolute atomic E-state index is 0.0186. The second-order valence-electron chi connectivity index (χ2n) is 9.47. The molecule has 3 aromatic heterocycles. The maximum atomic E-state index is 14.3. The van der Waals surface area contributed by atoms with E-state index in [2.05, 4.69) is 21.6 Å². The second-order valence-corrected chi connectivity index (χ2v) is 9.47. The first-order chi connectivity index (χ1) is 17.8.